The van der Waals surface area contributed by atoms with Crippen molar-refractivity contribution in [1.29, 1.82) is 0 Å². The van der Waals surface area contributed by atoms with Gasteiger partial charge in [0.25, 0.3) is 0 Å². The van der Waals surface area contributed by atoms with Crippen LogP contribution in [0.2, 0.25) is 6.82 Å². The molecule has 0 amide bonds. The number of ether oxygens (including phenoxy) is 1. The van der Waals surface area contributed by atoms with Crippen LogP contribution in [0, 0.1) is 12.7 Å². The van der Waals surface area contributed by atoms with E-state index in [9.17, 15) is 9.18 Å². The van der Waals surface area contributed by atoms with Crippen molar-refractivity contribution in [3.8, 4) is 11.4 Å². The summed E-state index contributed by atoms with van der Waals surface area (Å²) in [4.78, 5) is 19.3. The quantitative estimate of drug-likeness (QED) is 0.395. The second kappa shape index (κ2) is 10.8. The highest BCUT2D eigenvalue weighted by molar-refractivity contribution is 6.51. The summed E-state index contributed by atoms with van der Waals surface area (Å²) in [6, 6.07) is 15.9. The molecule has 2 aromatic carbocycles. The number of ketones is 1. The van der Waals surface area contributed by atoms with E-state index in [0.29, 0.717) is 44.2 Å². The van der Waals surface area contributed by atoms with Crippen LogP contribution >= 0.6 is 0 Å². The molecule has 7 heteroatoms. The highest BCUT2D eigenvalue weighted by atomic mass is 19.1. The third-order valence-corrected chi connectivity index (χ3v) is 5.94. The molecule has 5 nitrogen and oxygen atoms in total. The Morgan fingerprint density at radius 2 is 1.67 bits per heavy atom. The van der Waals surface area contributed by atoms with E-state index in [4.69, 9.17) is 4.74 Å². The maximum Gasteiger partial charge on any atom is 0.331 e. The van der Waals surface area contributed by atoms with Crippen molar-refractivity contribution >= 4 is 18.5 Å². The molecule has 0 saturated carbocycles. The number of hydrogen-bond acceptors (Lipinski definition) is 4. The van der Waals surface area contributed by atoms with Crippen molar-refractivity contribution in [2.45, 2.75) is 33.3 Å². The minimum Gasteiger partial charge on any atom is -0.379 e. The molecule has 1 fully saturated rings. The van der Waals surface area contributed by atoms with Gasteiger partial charge in [0.15, 0.2) is 5.69 Å². The van der Waals surface area contributed by atoms with Gasteiger partial charge in [0, 0.05) is 32.9 Å². The Labute approximate surface area is 195 Å². The molecule has 0 aliphatic carbocycles. The second-order valence-electron chi connectivity index (χ2n) is 8.46. The van der Waals surface area contributed by atoms with Gasteiger partial charge < -0.3 is 4.74 Å². The zero-order valence-corrected chi connectivity index (χ0v) is 19.3. The van der Waals surface area contributed by atoms with Gasteiger partial charge >= 0.3 is 5.82 Å². The van der Waals surface area contributed by atoms with Gasteiger partial charge in [-0.15, -0.1) is 0 Å². The summed E-state index contributed by atoms with van der Waals surface area (Å²) in [6.45, 7) is 7.21. The SMILES string of the molecule is C[B]c1ccc(CC(=O)Cc2ccc(-c3nc(C)c(F)c[n+]3CN3CCOCC3)cc2)cc1. The van der Waals surface area contributed by atoms with Gasteiger partial charge in [0.2, 0.25) is 5.82 Å². The Bertz CT molecular complexity index is 1100. The maximum atomic E-state index is 14.3. The third kappa shape index (κ3) is 6.12. The summed E-state index contributed by atoms with van der Waals surface area (Å²) in [5.74, 6) is 0.569. The molecule has 0 spiro atoms. The highest BCUT2D eigenvalue weighted by Gasteiger charge is 2.22. The number of aryl methyl sites for hydroxylation is 1. The standard InChI is InChI=1S/C26H29BFN3O2/c1-19-25(28)17-31(18-30-11-13-33-14-12-30)26(29-19)22-7-3-20(4-8-22)15-24(32)16-21-5-9-23(27-2)10-6-21/h3-10,17H,11-16,18H2,1-2H3/q+1. The first-order valence-electron chi connectivity index (χ1n) is 11.4. The number of nitrogens with zero attached hydrogens (tertiary/aromatic N) is 3. The number of Topliss-reactive ketones (excluding diaryl/α,β-unsaturated/α-hetero) is 1. The molecule has 0 atom stereocenters. The van der Waals surface area contributed by atoms with E-state index >= 15 is 0 Å². The van der Waals surface area contributed by atoms with Crippen molar-refractivity contribution < 1.29 is 18.5 Å². The fraction of sp³-hybridized carbons (Fsp3) is 0.346. The third-order valence-electron chi connectivity index (χ3n) is 5.94. The minimum absolute atomic E-state index is 0.175. The average Bonchev–Trinajstić information content (AvgIpc) is 2.83. The fourth-order valence-electron chi connectivity index (χ4n) is 3.98. The van der Waals surface area contributed by atoms with Gasteiger partial charge in [0.05, 0.1) is 18.8 Å². The first-order valence-corrected chi connectivity index (χ1v) is 11.4. The molecular weight excluding hydrogens is 416 g/mol. The Balaban J connectivity index is 1.46. The first kappa shape index (κ1) is 23.3. The molecule has 3 aromatic rings. The van der Waals surface area contributed by atoms with Crippen LogP contribution in [0.4, 0.5) is 4.39 Å². The second-order valence-corrected chi connectivity index (χ2v) is 8.46. The summed E-state index contributed by atoms with van der Waals surface area (Å²) in [5, 5.41) is 0. The van der Waals surface area contributed by atoms with Gasteiger partial charge in [-0.25, -0.2) is 4.57 Å². The van der Waals surface area contributed by atoms with E-state index in [-0.39, 0.29) is 11.6 Å². The van der Waals surface area contributed by atoms with Crippen LogP contribution in [0.3, 0.4) is 0 Å². The molecule has 2 heterocycles. The van der Waals surface area contributed by atoms with Crippen molar-refractivity contribution in [2.24, 2.45) is 0 Å². The molecule has 1 saturated heterocycles. The van der Waals surface area contributed by atoms with E-state index in [0.717, 1.165) is 35.2 Å². The lowest BCUT2D eigenvalue weighted by Gasteiger charge is -2.25. The lowest BCUT2D eigenvalue weighted by molar-refractivity contribution is -0.709. The molecule has 0 N–H and O–H groups in total. The molecule has 0 unspecified atom stereocenters. The lowest BCUT2D eigenvalue weighted by Crippen LogP contribution is -2.50. The number of morpholine rings is 1. The molecular formula is C26H29BFN3O2+. The molecule has 4 rings (SSSR count). The first-order chi connectivity index (χ1) is 16.0. The van der Waals surface area contributed by atoms with Crippen molar-refractivity contribution in [2.75, 3.05) is 26.3 Å². The van der Waals surface area contributed by atoms with Gasteiger partial charge in [-0.1, -0.05) is 48.7 Å². The van der Waals surface area contributed by atoms with Crippen LogP contribution in [0.25, 0.3) is 11.4 Å². The van der Waals surface area contributed by atoms with Crippen molar-refractivity contribution in [3.63, 3.8) is 0 Å². The molecule has 169 valence electrons. The number of halogens is 1. The van der Waals surface area contributed by atoms with E-state index in [1.54, 1.807) is 6.92 Å². The van der Waals surface area contributed by atoms with E-state index in [1.165, 1.54) is 6.20 Å². The summed E-state index contributed by atoms with van der Waals surface area (Å²) in [5.41, 5.74) is 4.40. The van der Waals surface area contributed by atoms with Crippen LogP contribution in [-0.4, -0.2) is 49.2 Å². The number of rotatable bonds is 8. The molecule has 1 radical (unpaired) electrons. The van der Waals surface area contributed by atoms with Crippen molar-refractivity contribution in [1.82, 2.24) is 9.88 Å². The normalized spacial score (nSPS) is 14.3. The molecule has 0 bridgehead atoms. The van der Waals surface area contributed by atoms with Crippen LogP contribution in [-0.2, 0) is 29.0 Å². The monoisotopic (exact) mass is 445 g/mol. The number of aromatic nitrogens is 2. The van der Waals surface area contributed by atoms with E-state index < -0.39 is 0 Å². The van der Waals surface area contributed by atoms with Gasteiger partial charge in [-0.05, 0) is 28.2 Å². The number of carbonyl (C=O) groups excluding carboxylic acids is 1. The van der Waals surface area contributed by atoms with Crippen molar-refractivity contribution in [3.05, 3.63) is 77.4 Å². The van der Waals surface area contributed by atoms with E-state index in [1.807, 2.05) is 67.2 Å². The van der Waals surface area contributed by atoms with Crippen LogP contribution in [0.1, 0.15) is 16.8 Å². The molecule has 1 aromatic heterocycles. The molecule has 33 heavy (non-hydrogen) atoms. The zero-order valence-electron chi connectivity index (χ0n) is 19.3. The molecule has 1 aliphatic heterocycles. The van der Waals surface area contributed by atoms with Gasteiger partial charge in [-0.3, -0.25) is 9.69 Å². The summed E-state index contributed by atoms with van der Waals surface area (Å²) in [7, 11) is 2.04. The topological polar surface area (TPSA) is 46.3 Å². The van der Waals surface area contributed by atoms with Crippen LogP contribution in [0.5, 0.6) is 0 Å². The summed E-state index contributed by atoms with van der Waals surface area (Å²) in [6.07, 6.45) is 2.32. The maximum absolute atomic E-state index is 14.3. The van der Waals surface area contributed by atoms with Gasteiger partial charge in [-0.2, -0.15) is 4.39 Å². The Kier molecular flexibility index (Phi) is 7.63. The van der Waals surface area contributed by atoms with E-state index in [2.05, 4.69) is 9.88 Å². The average molecular weight is 445 g/mol. The van der Waals surface area contributed by atoms with Crippen LogP contribution < -0.4 is 10.0 Å². The minimum atomic E-state index is -0.320. The Hall–Kier alpha value is -2.90. The fourth-order valence-corrected chi connectivity index (χ4v) is 3.98. The summed E-state index contributed by atoms with van der Waals surface area (Å²) < 4.78 is 21.6. The smallest absolute Gasteiger partial charge is 0.331 e. The Morgan fingerprint density at radius 1 is 1.06 bits per heavy atom. The van der Waals surface area contributed by atoms with Crippen LogP contribution in [0.15, 0.2) is 54.7 Å². The Morgan fingerprint density at radius 3 is 2.27 bits per heavy atom. The summed E-state index contributed by atoms with van der Waals surface area (Å²) >= 11 is 0. The number of carbonyl (C=O) groups is 1. The lowest BCUT2D eigenvalue weighted by atomic mass is 9.73. The largest absolute Gasteiger partial charge is 0.379 e. The molecule has 1 aliphatic rings. The predicted molar refractivity (Wildman–Crippen MR) is 127 cm³/mol. The van der Waals surface area contributed by atoms with Gasteiger partial charge in [0.1, 0.15) is 25.9 Å². The highest BCUT2D eigenvalue weighted by Crippen LogP contribution is 2.17. The number of hydrogen-bond donors (Lipinski definition) is 0. The zero-order chi connectivity index (χ0) is 23.2. The predicted octanol–water partition coefficient (Wildman–Crippen LogP) is 2.51. The number of benzene rings is 2.